The number of nitrogens with one attached hydrogen (secondary N) is 3. The van der Waals surface area contributed by atoms with Crippen LogP contribution >= 0.6 is 0 Å². The van der Waals surface area contributed by atoms with Crippen molar-refractivity contribution in [3.63, 3.8) is 0 Å². The zero-order chi connectivity index (χ0) is 44.8. The molecule has 4 amide bonds. The van der Waals surface area contributed by atoms with E-state index in [1.54, 1.807) is 32.2 Å². The lowest BCUT2D eigenvalue weighted by molar-refractivity contribution is -0.244. The number of alkyl halides is 3. The van der Waals surface area contributed by atoms with Crippen LogP contribution in [0.4, 0.5) is 23.8 Å². The first-order valence-electron chi connectivity index (χ1n) is 21.1. The number of ether oxygens (including phenoxy) is 4. The average Bonchev–Trinajstić information content (AvgIpc) is 4.14. The Hall–Kier alpha value is -4.85. The van der Waals surface area contributed by atoms with Gasteiger partial charge >= 0.3 is 12.3 Å². The first-order chi connectivity index (χ1) is 29.2. The summed E-state index contributed by atoms with van der Waals surface area (Å²) in [6, 6.07) is 4.47. The van der Waals surface area contributed by atoms with E-state index in [4.69, 9.17) is 23.9 Å². The monoisotopic (exact) mass is 892 g/mol. The summed E-state index contributed by atoms with van der Waals surface area (Å²) in [6.45, 7) is 6.91. The molecular weight excluding hydrogens is 838 g/mol. The summed E-state index contributed by atoms with van der Waals surface area (Å²) in [4.78, 5) is 64.8. The summed E-state index contributed by atoms with van der Waals surface area (Å²) in [5.74, 6) is -2.30. The van der Waals surface area contributed by atoms with E-state index in [9.17, 15) is 40.8 Å². The van der Waals surface area contributed by atoms with Crippen molar-refractivity contribution in [2.24, 2.45) is 17.8 Å². The maximum Gasteiger partial charge on any atom is 0.427 e. The van der Waals surface area contributed by atoms with Crippen LogP contribution in [0.3, 0.4) is 0 Å². The Labute approximate surface area is 358 Å². The van der Waals surface area contributed by atoms with Gasteiger partial charge in [-0.05, 0) is 93.9 Å². The maximum atomic E-state index is 14.9. The fourth-order valence-electron chi connectivity index (χ4n) is 8.46. The smallest absolute Gasteiger partial charge is 0.427 e. The molecule has 0 radical (unpaired) electrons. The molecule has 5 aliphatic rings. The van der Waals surface area contributed by atoms with Gasteiger partial charge in [-0.15, -0.1) is 0 Å². The second-order valence-electron chi connectivity index (χ2n) is 17.7. The van der Waals surface area contributed by atoms with Crippen LogP contribution in [0.1, 0.15) is 72.6 Å². The molecule has 20 heteroatoms. The van der Waals surface area contributed by atoms with E-state index in [2.05, 4.69) is 15.4 Å². The van der Waals surface area contributed by atoms with E-state index in [-0.39, 0.29) is 31.2 Å². The van der Waals surface area contributed by atoms with Crippen LogP contribution in [-0.2, 0) is 33.9 Å². The quantitative estimate of drug-likeness (QED) is 0.302. The lowest BCUT2D eigenvalue weighted by atomic mass is 9.88. The first-order valence-corrected chi connectivity index (χ1v) is 22.7. The maximum absolute atomic E-state index is 14.9. The summed E-state index contributed by atoms with van der Waals surface area (Å²) in [5.41, 5.74) is -4.54. The molecule has 340 valence electrons. The Morgan fingerprint density at radius 2 is 1.77 bits per heavy atom. The summed E-state index contributed by atoms with van der Waals surface area (Å²) >= 11 is 0. The molecule has 62 heavy (non-hydrogen) atoms. The number of anilines is 1. The van der Waals surface area contributed by atoms with E-state index in [0.717, 1.165) is 5.39 Å². The van der Waals surface area contributed by atoms with Crippen LogP contribution in [0.15, 0.2) is 36.4 Å². The van der Waals surface area contributed by atoms with E-state index in [1.807, 2.05) is 30.0 Å². The molecule has 0 bridgehead atoms. The number of hydrogen-bond acceptors (Lipinski definition) is 12. The molecule has 0 unspecified atom stereocenters. The van der Waals surface area contributed by atoms with Crippen LogP contribution in [0.2, 0.25) is 0 Å². The molecular formula is C42H55F3N6O10S. The van der Waals surface area contributed by atoms with E-state index in [1.165, 1.54) is 4.90 Å². The number of sulfonamides is 1. The zero-order valence-electron chi connectivity index (χ0n) is 35.5. The number of fused-ring (bicyclic) bond motifs is 3. The summed E-state index contributed by atoms with van der Waals surface area (Å²) in [6.07, 6.45) is -1.32. The van der Waals surface area contributed by atoms with Crippen molar-refractivity contribution in [3.8, 4) is 11.6 Å². The van der Waals surface area contributed by atoms with Crippen LogP contribution in [0.5, 0.6) is 11.6 Å². The van der Waals surface area contributed by atoms with Gasteiger partial charge in [0.1, 0.15) is 35.3 Å². The highest BCUT2D eigenvalue weighted by atomic mass is 32.2. The number of benzene rings is 1. The third-order valence-electron chi connectivity index (χ3n) is 12.5. The highest BCUT2D eigenvalue weighted by Crippen LogP contribution is 2.46. The van der Waals surface area contributed by atoms with Crippen molar-refractivity contribution in [2.45, 2.75) is 113 Å². The van der Waals surface area contributed by atoms with Gasteiger partial charge in [-0.25, -0.2) is 13.2 Å². The fourth-order valence-corrected chi connectivity index (χ4v) is 9.83. The number of rotatable bonds is 9. The molecule has 2 aromatic rings. The SMILES string of the molecule is COc1ccc2c(O[C@@H]3C[C@H]4C(=O)N[C@]5(C(=O)NS(=O)(=O)C6CC6)C[C@H]5/C=C\CC[C@@H](C)C[C@@H](C)[C@H](NC(=O)OC(C)(C)C(F)(F)F)C(=O)N4C3)nc(N3CCOCC3)cc2c1. The lowest BCUT2D eigenvalue weighted by Gasteiger charge is -2.34. The molecule has 16 nitrogen and oxygen atoms in total. The molecule has 2 saturated heterocycles. The molecule has 1 aromatic carbocycles. The zero-order valence-corrected chi connectivity index (χ0v) is 36.3. The largest absolute Gasteiger partial charge is 0.497 e. The molecule has 2 aliphatic carbocycles. The van der Waals surface area contributed by atoms with Crippen molar-refractivity contribution < 1.29 is 59.7 Å². The first kappa shape index (κ1) is 45.2. The van der Waals surface area contributed by atoms with Crippen molar-refractivity contribution in [3.05, 3.63) is 36.4 Å². The van der Waals surface area contributed by atoms with Crippen LogP contribution < -0.4 is 29.7 Å². The molecule has 3 aliphatic heterocycles. The molecule has 2 saturated carbocycles. The van der Waals surface area contributed by atoms with Gasteiger partial charge in [0.2, 0.25) is 33.3 Å². The van der Waals surface area contributed by atoms with Gasteiger partial charge in [0.15, 0.2) is 0 Å². The molecule has 3 N–H and O–H groups in total. The number of allylic oxidation sites excluding steroid dienone is 1. The summed E-state index contributed by atoms with van der Waals surface area (Å²) in [5, 5.41) is 5.87. The molecule has 4 heterocycles. The molecule has 7 atom stereocenters. The van der Waals surface area contributed by atoms with E-state index < -0.39 is 86.4 Å². The van der Waals surface area contributed by atoms with Gasteiger partial charge < -0.3 is 39.4 Å². The number of pyridine rings is 1. The van der Waals surface area contributed by atoms with Crippen molar-refractivity contribution in [1.82, 2.24) is 25.2 Å². The highest BCUT2D eigenvalue weighted by molar-refractivity contribution is 7.91. The van der Waals surface area contributed by atoms with Gasteiger partial charge in [0.05, 0.1) is 32.1 Å². The van der Waals surface area contributed by atoms with Gasteiger partial charge in [0, 0.05) is 30.8 Å². The molecule has 0 spiro atoms. The highest BCUT2D eigenvalue weighted by Gasteiger charge is 2.62. The molecule has 7 rings (SSSR count). The number of nitrogens with zero attached hydrogens (tertiary/aromatic N) is 3. The Bertz CT molecular complexity index is 2200. The van der Waals surface area contributed by atoms with Gasteiger partial charge in [-0.1, -0.05) is 26.0 Å². The predicted molar refractivity (Wildman–Crippen MR) is 220 cm³/mol. The third kappa shape index (κ3) is 9.70. The molecule has 1 aromatic heterocycles. The number of morpholine rings is 1. The van der Waals surface area contributed by atoms with E-state index >= 15 is 0 Å². The summed E-state index contributed by atoms with van der Waals surface area (Å²) in [7, 11) is -2.45. The minimum Gasteiger partial charge on any atom is -0.497 e. The second kappa shape index (κ2) is 17.4. The minimum absolute atomic E-state index is 0.0441. The Balaban J connectivity index is 1.25. The van der Waals surface area contributed by atoms with Crippen LogP contribution in [-0.4, -0.2) is 123 Å². The number of methoxy groups -OCH3 is 1. The predicted octanol–water partition coefficient (Wildman–Crippen LogP) is 4.36. The Kier molecular flexibility index (Phi) is 12.7. The fraction of sp³-hybridized carbons (Fsp3) is 0.643. The number of halogens is 3. The summed E-state index contributed by atoms with van der Waals surface area (Å²) < 4.78 is 92.0. The van der Waals surface area contributed by atoms with Gasteiger partial charge in [-0.2, -0.15) is 18.2 Å². The Morgan fingerprint density at radius 1 is 1.05 bits per heavy atom. The lowest BCUT2D eigenvalue weighted by Crippen LogP contribution is -2.59. The standard InChI is InChI=1S/C42H55F3N6O10S/c1-24-8-6-7-9-27-22-41(27,38(54)49-62(56,57)30-11-12-30)48-35(52)32-21-29(23-51(32)37(53)34(25(2)18-24)47-39(55)61-40(3,4)42(43,44)45)60-36-31-13-10-28(58-5)19-26(31)20-33(46-36)50-14-16-59-17-15-50/h7,9-10,13,19-20,24-25,27,29-30,32,34H,6,8,11-12,14-18,21-23H2,1-5H3,(H,47,55)(H,48,52)(H,49,54)/b9-7-/t24-,25-,27-,29-,32+,34+,41-/m1/s1. The number of carbonyl (C=O) groups excluding carboxylic acids is 4. The normalized spacial score (nSPS) is 29.3. The van der Waals surface area contributed by atoms with Gasteiger partial charge in [-0.3, -0.25) is 19.1 Å². The molecule has 4 fully saturated rings. The number of aromatic nitrogens is 1. The third-order valence-corrected chi connectivity index (χ3v) is 14.3. The van der Waals surface area contributed by atoms with Crippen LogP contribution in [0.25, 0.3) is 10.8 Å². The average molecular weight is 893 g/mol. The second-order valence-corrected chi connectivity index (χ2v) is 19.7. The Morgan fingerprint density at radius 3 is 2.45 bits per heavy atom. The topological polar surface area (TPSA) is 195 Å². The minimum atomic E-state index is -4.92. The van der Waals surface area contributed by atoms with Crippen molar-refractivity contribution in [1.29, 1.82) is 0 Å². The van der Waals surface area contributed by atoms with E-state index in [0.29, 0.717) is 89.2 Å². The number of amides is 4. The number of carbonyl (C=O) groups is 4. The van der Waals surface area contributed by atoms with Crippen LogP contribution in [0, 0.1) is 17.8 Å². The van der Waals surface area contributed by atoms with Crippen molar-refractivity contribution >= 4 is 50.4 Å². The van der Waals surface area contributed by atoms with Gasteiger partial charge in [0.25, 0.3) is 5.91 Å². The van der Waals surface area contributed by atoms with Crippen molar-refractivity contribution in [2.75, 3.05) is 44.9 Å². The number of hydrogen-bond donors (Lipinski definition) is 3. The number of alkyl carbamates (subject to hydrolysis) is 1.